The largest absolute Gasteiger partial charge is 0.390 e. The highest BCUT2D eigenvalue weighted by molar-refractivity contribution is 6.66. The van der Waals surface area contributed by atoms with E-state index in [1.807, 2.05) is 6.92 Å². The second kappa shape index (κ2) is 4.66. The van der Waals surface area contributed by atoms with Crippen molar-refractivity contribution in [1.29, 1.82) is 0 Å². The predicted octanol–water partition coefficient (Wildman–Crippen LogP) is 2.01. The van der Waals surface area contributed by atoms with Crippen molar-refractivity contribution < 1.29 is 5.11 Å². The predicted molar refractivity (Wildman–Crippen MR) is 55.5 cm³/mol. The summed E-state index contributed by atoms with van der Waals surface area (Å²) in [6.45, 7) is 2.30. The second-order valence-electron chi connectivity index (χ2n) is 2.76. The molecule has 1 aromatic heterocycles. The van der Waals surface area contributed by atoms with Gasteiger partial charge in [0.15, 0.2) is 0 Å². The van der Waals surface area contributed by atoms with E-state index in [1.54, 1.807) is 0 Å². The van der Waals surface area contributed by atoms with Gasteiger partial charge < -0.3 is 5.11 Å². The molecule has 1 aromatic rings. The Balaban J connectivity index is 3.13. The molecule has 0 aliphatic carbocycles. The third-order valence-electron chi connectivity index (χ3n) is 1.66. The number of aliphatic hydroxyl groups excluding tert-OH is 1. The molecule has 0 aromatic carbocycles. The minimum atomic E-state index is -1.60. The smallest absolute Gasteiger partial charge is 0.234 e. The van der Waals surface area contributed by atoms with Crippen molar-refractivity contribution in [2.24, 2.45) is 0 Å². The summed E-state index contributed by atoms with van der Waals surface area (Å²) < 4.78 is -0.102. The number of nitrogens with zero attached hydrogens (tertiary/aromatic N) is 3. The molecule has 7 heteroatoms. The van der Waals surface area contributed by atoms with E-state index in [2.05, 4.69) is 10.3 Å². The maximum absolute atomic E-state index is 8.97. The zero-order valence-electron chi connectivity index (χ0n) is 7.54. The summed E-state index contributed by atoms with van der Waals surface area (Å²) in [5, 5.41) is 16.5. The van der Waals surface area contributed by atoms with Gasteiger partial charge in [-0.1, -0.05) is 46.9 Å². The van der Waals surface area contributed by atoms with E-state index < -0.39 is 3.79 Å². The molecule has 0 spiro atoms. The number of alkyl halides is 3. The fourth-order valence-electron chi connectivity index (χ4n) is 1.13. The first kappa shape index (κ1) is 12.0. The summed E-state index contributed by atoms with van der Waals surface area (Å²) in [5.41, 5.74) is 0.644. The molecule has 0 aliphatic heterocycles. The number of halogens is 3. The lowest BCUT2D eigenvalue weighted by molar-refractivity contribution is 0.275. The number of hydrogen-bond acceptors (Lipinski definition) is 3. The fraction of sp³-hybridized carbons (Fsp3) is 0.714. The van der Waals surface area contributed by atoms with E-state index in [0.717, 1.165) is 6.42 Å². The van der Waals surface area contributed by atoms with Crippen LogP contribution in [0.4, 0.5) is 0 Å². The van der Waals surface area contributed by atoms with Gasteiger partial charge in [-0.2, -0.15) is 0 Å². The van der Waals surface area contributed by atoms with Gasteiger partial charge in [0.1, 0.15) is 11.4 Å². The SMILES string of the molecule is CCCn1nnc(CO)c1C(Cl)(Cl)Cl. The van der Waals surface area contributed by atoms with Crippen LogP contribution < -0.4 is 0 Å². The zero-order valence-corrected chi connectivity index (χ0v) is 9.81. The molecule has 14 heavy (non-hydrogen) atoms. The maximum atomic E-state index is 8.97. The minimum Gasteiger partial charge on any atom is -0.390 e. The summed E-state index contributed by atoms with van der Waals surface area (Å²) >= 11 is 17.2. The van der Waals surface area contributed by atoms with Crippen LogP contribution >= 0.6 is 34.8 Å². The Morgan fingerprint density at radius 3 is 2.50 bits per heavy atom. The molecule has 1 N–H and O–H groups in total. The molecule has 0 saturated carbocycles. The molecule has 1 rings (SSSR count). The van der Waals surface area contributed by atoms with Gasteiger partial charge in [0.2, 0.25) is 3.79 Å². The highest BCUT2D eigenvalue weighted by Crippen LogP contribution is 2.39. The van der Waals surface area contributed by atoms with Crippen LogP contribution in [-0.2, 0) is 16.9 Å². The summed E-state index contributed by atoms with van der Waals surface area (Å²) in [6.07, 6.45) is 0.849. The maximum Gasteiger partial charge on any atom is 0.234 e. The van der Waals surface area contributed by atoms with Crippen molar-refractivity contribution in [1.82, 2.24) is 15.0 Å². The average molecular weight is 259 g/mol. The molecule has 0 amide bonds. The molecule has 0 bridgehead atoms. The number of rotatable bonds is 3. The lowest BCUT2D eigenvalue weighted by Crippen LogP contribution is -2.13. The van der Waals surface area contributed by atoms with Gasteiger partial charge in [-0.25, -0.2) is 4.68 Å². The standard InChI is InChI=1S/C7H10Cl3N3O/c1-2-3-13-6(7(8,9)10)5(4-14)11-12-13/h14H,2-4H2,1H3. The molecule has 0 fully saturated rings. The van der Waals surface area contributed by atoms with Gasteiger partial charge in [-0.15, -0.1) is 5.10 Å². The van der Waals surface area contributed by atoms with Gasteiger partial charge >= 0.3 is 0 Å². The summed E-state index contributed by atoms with van der Waals surface area (Å²) in [7, 11) is 0. The van der Waals surface area contributed by atoms with Gasteiger partial charge in [-0.3, -0.25) is 0 Å². The molecule has 0 radical (unpaired) electrons. The normalized spacial score (nSPS) is 12.1. The van der Waals surface area contributed by atoms with Crippen molar-refractivity contribution in [3.8, 4) is 0 Å². The second-order valence-corrected chi connectivity index (χ2v) is 5.04. The Hall–Kier alpha value is -0.0300. The van der Waals surface area contributed by atoms with Gasteiger partial charge in [0, 0.05) is 6.54 Å². The van der Waals surface area contributed by atoms with E-state index in [1.165, 1.54) is 4.68 Å². The van der Waals surface area contributed by atoms with Crippen LogP contribution in [0.2, 0.25) is 0 Å². The molecule has 0 saturated heterocycles. The highest BCUT2D eigenvalue weighted by atomic mass is 35.6. The molecule has 0 atom stereocenters. The van der Waals surface area contributed by atoms with E-state index in [0.29, 0.717) is 17.9 Å². The molecule has 80 valence electrons. The van der Waals surface area contributed by atoms with Crippen LogP contribution in [0.15, 0.2) is 0 Å². The van der Waals surface area contributed by atoms with Crippen molar-refractivity contribution in [3.05, 3.63) is 11.4 Å². The van der Waals surface area contributed by atoms with Gasteiger partial charge in [0.25, 0.3) is 0 Å². The monoisotopic (exact) mass is 257 g/mol. The van der Waals surface area contributed by atoms with E-state index >= 15 is 0 Å². The Morgan fingerprint density at radius 1 is 1.43 bits per heavy atom. The van der Waals surface area contributed by atoms with E-state index in [4.69, 9.17) is 39.9 Å². The van der Waals surface area contributed by atoms with Crippen LogP contribution in [0, 0.1) is 0 Å². The summed E-state index contributed by atoms with van der Waals surface area (Å²) in [6, 6.07) is 0. The third-order valence-corrected chi connectivity index (χ3v) is 2.20. The molecule has 0 unspecified atom stereocenters. The Morgan fingerprint density at radius 2 is 2.07 bits per heavy atom. The zero-order chi connectivity index (χ0) is 10.8. The topological polar surface area (TPSA) is 50.9 Å². The van der Waals surface area contributed by atoms with Crippen LogP contribution in [0.5, 0.6) is 0 Å². The lowest BCUT2D eigenvalue weighted by Gasteiger charge is -2.13. The van der Waals surface area contributed by atoms with E-state index in [-0.39, 0.29) is 6.61 Å². The highest BCUT2D eigenvalue weighted by Gasteiger charge is 2.31. The van der Waals surface area contributed by atoms with Crippen LogP contribution in [-0.4, -0.2) is 20.1 Å². The summed E-state index contributed by atoms with van der Waals surface area (Å²) in [4.78, 5) is 0. The molecule has 0 aliphatic rings. The van der Waals surface area contributed by atoms with Crippen molar-refractivity contribution in [3.63, 3.8) is 0 Å². The first-order valence-electron chi connectivity index (χ1n) is 4.11. The number of aryl methyl sites for hydroxylation is 1. The molecular formula is C7H10Cl3N3O. The van der Waals surface area contributed by atoms with Crippen LogP contribution in [0.25, 0.3) is 0 Å². The first-order chi connectivity index (χ1) is 6.50. The molecular weight excluding hydrogens is 248 g/mol. The Labute approximate surface area is 96.8 Å². The molecule has 4 nitrogen and oxygen atoms in total. The van der Waals surface area contributed by atoms with Crippen LogP contribution in [0.3, 0.4) is 0 Å². The van der Waals surface area contributed by atoms with Crippen molar-refractivity contribution >= 4 is 34.8 Å². The van der Waals surface area contributed by atoms with Crippen molar-refractivity contribution in [2.45, 2.75) is 30.3 Å². The lowest BCUT2D eigenvalue weighted by atomic mass is 10.3. The fourth-order valence-corrected chi connectivity index (χ4v) is 1.75. The quantitative estimate of drug-likeness (QED) is 0.844. The Bertz CT molecular complexity index is 308. The summed E-state index contributed by atoms with van der Waals surface area (Å²) in [5.74, 6) is 0. The Kier molecular flexibility index (Phi) is 4.01. The number of hydrogen-bond donors (Lipinski definition) is 1. The molecule has 1 heterocycles. The van der Waals surface area contributed by atoms with Crippen molar-refractivity contribution in [2.75, 3.05) is 0 Å². The number of aromatic nitrogens is 3. The van der Waals surface area contributed by atoms with Gasteiger partial charge in [0.05, 0.1) is 6.61 Å². The van der Waals surface area contributed by atoms with Crippen LogP contribution in [0.1, 0.15) is 24.7 Å². The first-order valence-corrected chi connectivity index (χ1v) is 5.24. The third kappa shape index (κ3) is 2.51. The minimum absolute atomic E-state index is 0.285. The number of aliphatic hydroxyl groups is 1. The van der Waals surface area contributed by atoms with Gasteiger partial charge in [-0.05, 0) is 6.42 Å². The van der Waals surface area contributed by atoms with E-state index in [9.17, 15) is 0 Å². The average Bonchev–Trinajstić information content (AvgIpc) is 2.47.